The number of hydrogen-bond acceptors (Lipinski definition) is 6. The van der Waals surface area contributed by atoms with Gasteiger partial charge in [0.2, 0.25) is 5.91 Å². The van der Waals surface area contributed by atoms with Gasteiger partial charge in [-0.1, -0.05) is 19.1 Å². The van der Waals surface area contributed by atoms with E-state index < -0.39 is 28.3 Å². The number of rotatable bonds is 8. The van der Waals surface area contributed by atoms with Crippen LogP contribution in [-0.4, -0.2) is 51.1 Å². The third-order valence-corrected chi connectivity index (χ3v) is 4.84. The normalized spacial score (nSPS) is 11.0. The maximum Gasteiger partial charge on any atom is 0.339 e. The van der Waals surface area contributed by atoms with Gasteiger partial charge in [0.25, 0.3) is 5.91 Å². The van der Waals surface area contributed by atoms with Crippen LogP contribution in [0.15, 0.2) is 29.2 Å². The molecule has 0 unspecified atom stereocenters. The number of amides is 2. The zero-order valence-electron chi connectivity index (χ0n) is 14.4. The van der Waals surface area contributed by atoms with E-state index in [-0.39, 0.29) is 34.7 Å². The third-order valence-electron chi connectivity index (χ3n) is 3.05. The average molecular weight is 370 g/mol. The van der Waals surface area contributed by atoms with Crippen LogP contribution in [0.1, 0.15) is 31.1 Å². The van der Waals surface area contributed by atoms with Crippen molar-refractivity contribution in [3.05, 3.63) is 29.8 Å². The fourth-order valence-electron chi connectivity index (χ4n) is 1.87. The molecule has 2 amide bonds. The smallest absolute Gasteiger partial charge is 0.339 e. The van der Waals surface area contributed by atoms with Gasteiger partial charge in [-0.2, -0.15) is 0 Å². The van der Waals surface area contributed by atoms with Gasteiger partial charge in [-0.3, -0.25) is 9.59 Å². The minimum absolute atomic E-state index is 0.0563. The molecule has 0 saturated heterocycles. The maximum atomic E-state index is 12.1. The molecule has 0 saturated carbocycles. The van der Waals surface area contributed by atoms with Crippen molar-refractivity contribution in [3.63, 3.8) is 0 Å². The Balaban J connectivity index is 2.64. The van der Waals surface area contributed by atoms with Gasteiger partial charge in [0, 0.05) is 6.04 Å². The van der Waals surface area contributed by atoms with Crippen LogP contribution in [0.2, 0.25) is 0 Å². The lowest BCUT2D eigenvalue weighted by atomic mass is 10.2. The lowest BCUT2D eigenvalue weighted by molar-refractivity contribution is -0.128. The summed E-state index contributed by atoms with van der Waals surface area (Å²) in [7, 11) is -3.60. The van der Waals surface area contributed by atoms with E-state index in [0.29, 0.717) is 0 Å². The summed E-state index contributed by atoms with van der Waals surface area (Å²) in [6.07, 6.45) is 0. The Kier molecular flexibility index (Phi) is 7.56. The van der Waals surface area contributed by atoms with Crippen molar-refractivity contribution in [1.29, 1.82) is 0 Å². The first-order valence-electron chi connectivity index (χ1n) is 7.72. The molecule has 0 spiro atoms. The Bertz CT molecular complexity index is 743. The molecule has 0 aromatic heterocycles. The number of ether oxygens (including phenoxy) is 1. The summed E-state index contributed by atoms with van der Waals surface area (Å²) >= 11 is 0. The van der Waals surface area contributed by atoms with Gasteiger partial charge in [0.15, 0.2) is 16.4 Å². The second kappa shape index (κ2) is 9.16. The molecule has 0 atom stereocenters. The summed E-state index contributed by atoms with van der Waals surface area (Å²) in [6.45, 7) is 4.17. The molecule has 2 N–H and O–H groups in total. The molecule has 25 heavy (non-hydrogen) atoms. The van der Waals surface area contributed by atoms with Crippen LogP contribution in [0.3, 0.4) is 0 Å². The van der Waals surface area contributed by atoms with Crippen molar-refractivity contribution in [3.8, 4) is 0 Å². The van der Waals surface area contributed by atoms with E-state index in [4.69, 9.17) is 4.74 Å². The molecule has 138 valence electrons. The lowest BCUT2D eigenvalue weighted by Crippen LogP contribution is -2.41. The van der Waals surface area contributed by atoms with Gasteiger partial charge in [-0.15, -0.1) is 0 Å². The first-order valence-corrected chi connectivity index (χ1v) is 9.37. The monoisotopic (exact) mass is 370 g/mol. The highest BCUT2D eigenvalue weighted by atomic mass is 32.2. The van der Waals surface area contributed by atoms with E-state index in [0.717, 1.165) is 0 Å². The molecule has 0 aliphatic carbocycles. The number of carbonyl (C=O) groups excluding carboxylic acids is 3. The van der Waals surface area contributed by atoms with Crippen LogP contribution in [0.4, 0.5) is 0 Å². The Labute approximate surface area is 146 Å². The van der Waals surface area contributed by atoms with Gasteiger partial charge in [-0.05, 0) is 26.0 Å². The predicted molar refractivity (Wildman–Crippen MR) is 90.7 cm³/mol. The van der Waals surface area contributed by atoms with Gasteiger partial charge < -0.3 is 15.4 Å². The number of sulfone groups is 1. The van der Waals surface area contributed by atoms with Crippen molar-refractivity contribution >= 4 is 27.6 Å². The van der Waals surface area contributed by atoms with Gasteiger partial charge >= 0.3 is 5.97 Å². The van der Waals surface area contributed by atoms with Crippen LogP contribution < -0.4 is 10.6 Å². The standard InChI is InChI=1S/C16H22N2O6S/c1-4-25(22,23)13-8-6-5-7-12(13)16(21)24-10-15(20)17-9-14(19)18-11(2)3/h5-8,11H,4,9-10H2,1-3H3,(H,17,20)(H,18,19). The van der Waals surface area contributed by atoms with E-state index in [2.05, 4.69) is 10.6 Å². The fourth-order valence-corrected chi connectivity index (χ4v) is 2.96. The number of benzene rings is 1. The summed E-state index contributed by atoms with van der Waals surface area (Å²) in [4.78, 5) is 35.0. The topological polar surface area (TPSA) is 119 Å². The number of hydrogen-bond donors (Lipinski definition) is 2. The minimum Gasteiger partial charge on any atom is -0.452 e. The summed E-state index contributed by atoms with van der Waals surface area (Å²) in [5, 5.41) is 4.90. The van der Waals surface area contributed by atoms with Crippen LogP contribution in [0, 0.1) is 0 Å². The molecule has 0 heterocycles. The SMILES string of the molecule is CCS(=O)(=O)c1ccccc1C(=O)OCC(=O)NCC(=O)NC(C)C. The minimum atomic E-state index is -3.60. The highest BCUT2D eigenvalue weighted by Crippen LogP contribution is 2.17. The Hall–Kier alpha value is -2.42. The number of nitrogens with one attached hydrogen (secondary N) is 2. The highest BCUT2D eigenvalue weighted by Gasteiger charge is 2.22. The van der Waals surface area contributed by atoms with Gasteiger partial charge in [-0.25, -0.2) is 13.2 Å². The van der Waals surface area contributed by atoms with E-state index in [1.54, 1.807) is 13.8 Å². The van der Waals surface area contributed by atoms with Crippen molar-refractivity contribution in [2.24, 2.45) is 0 Å². The van der Waals surface area contributed by atoms with Gasteiger partial charge in [0.1, 0.15) is 0 Å². The van der Waals surface area contributed by atoms with E-state index >= 15 is 0 Å². The van der Waals surface area contributed by atoms with Crippen molar-refractivity contribution < 1.29 is 27.5 Å². The fraction of sp³-hybridized carbons (Fsp3) is 0.438. The van der Waals surface area contributed by atoms with Crippen molar-refractivity contribution in [1.82, 2.24) is 10.6 Å². The molecule has 1 aromatic carbocycles. The summed E-state index contributed by atoms with van der Waals surface area (Å²) < 4.78 is 28.8. The molecule has 9 heteroatoms. The summed E-state index contributed by atoms with van der Waals surface area (Å²) in [6, 6.07) is 5.57. The Morgan fingerprint density at radius 1 is 1.12 bits per heavy atom. The Morgan fingerprint density at radius 3 is 2.36 bits per heavy atom. The van der Waals surface area contributed by atoms with Crippen LogP contribution >= 0.6 is 0 Å². The molecular formula is C16H22N2O6S. The van der Waals surface area contributed by atoms with Crippen LogP contribution in [0.25, 0.3) is 0 Å². The average Bonchev–Trinajstić information content (AvgIpc) is 2.57. The lowest BCUT2D eigenvalue weighted by Gasteiger charge is -2.11. The largest absolute Gasteiger partial charge is 0.452 e. The second-order valence-electron chi connectivity index (χ2n) is 5.47. The van der Waals surface area contributed by atoms with Crippen molar-refractivity contribution in [2.75, 3.05) is 18.9 Å². The zero-order valence-corrected chi connectivity index (χ0v) is 15.2. The van der Waals surface area contributed by atoms with Gasteiger partial charge in [0.05, 0.1) is 22.8 Å². The Morgan fingerprint density at radius 2 is 1.76 bits per heavy atom. The molecule has 0 fully saturated rings. The molecule has 1 rings (SSSR count). The second-order valence-corrected chi connectivity index (χ2v) is 7.72. The maximum absolute atomic E-state index is 12.1. The molecule has 0 bridgehead atoms. The van der Waals surface area contributed by atoms with E-state index in [9.17, 15) is 22.8 Å². The molecular weight excluding hydrogens is 348 g/mol. The van der Waals surface area contributed by atoms with E-state index in [1.807, 2.05) is 0 Å². The molecule has 8 nitrogen and oxygen atoms in total. The molecule has 0 radical (unpaired) electrons. The number of esters is 1. The molecule has 0 aliphatic heterocycles. The predicted octanol–water partition coefficient (Wildman–Crippen LogP) is 0.278. The first-order chi connectivity index (χ1) is 11.7. The number of carbonyl (C=O) groups is 3. The van der Waals surface area contributed by atoms with E-state index in [1.165, 1.54) is 31.2 Å². The first kappa shape index (κ1) is 20.6. The van der Waals surface area contributed by atoms with Crippen molar-refractivity contribution in [2.45, 2.75) is 31.7 Å². The highest BCUT2D eigenvalue weighted by molar-refractivity contribution is 7.91. The summed E-state index contributed by atoms with van der Waals surface area (Å²) in [5.74, 6) is -2.12. The quantitative estimate of drug-likeness (QED) is 0.635. The molecule has 1 aromatic rings. The zero-order chi connectivity index (χ0) is 19.0. The molecule has 0 aliphatic rings. The van der Waals surface area contributed by atoms with Crippen LogP contribution in [0.5, 0.6) is 0 Å². The van der Waals surface area contributed by atoms with Crippen LogP contribution in [-0.2, 0) is 24.2 Å². The third kappa shape index (κ3) is 6.54. The summed E-state index contributed by atoms with van der Waals surface area (Å²) in [5.41, 5.74) is -0.130.